The lowest BCUT2D eigenvalue weighted by Crippen LogP contribution is -2.24. The Morgan fingerprint density at radius 3 is 2.45 bits per heavy atom. The maximum Gasteiger partial charge on any atom is 0.251 e. The number of carbonyl (C=O) groups excluding carboxylic acids is 2. The number of nitrogens with one attached hydrogen (secondary N) is 2. The molecular formula is C28H28ClN5O3S. The van der Waals surface area contributed by atoms with Crippen LogP contribution in [0.5, 0.6) is 5.75 Å². The van der Waals surface area contributed by atoms with E-state index in [1.54, 1.807) is 37.4 Å². The van der Waals surface area contributed by atoms with Crippen molar-refractivity contribution in [2.24, 2.45) is 0 Å². The van der Waals surface area contributed by atoms with Gasteiger partial charge in [0.25, 0.3) is 5.91 Å². The summed E-state index contributed by atoms with van der Waals surface area (Å²) in [6.07, 6.45) is 0. The molecule has 0 aliphatic rings. The fraction of sp³-hybridized carbons (Fsp3) is 0.214. The van der Waals surface area contributed by atoms with Gasteiger partial charge in [-0.05, 0) is 79.9 Å². The number of methoxy groups -OCH3 is 1. The number of hydrogen-bond acceptors (Lipinski definition) is 6. The second kappa shape index (κ2) is 12.1. The lowest BCUT2D eigenvalue weighted by molar-refractivity contribution is -0.113. The second-order valence-corrected chi connectivity index (χ2v) is 9.96. The van der Waals surface area contributed by atoms with E-state index in [1.165, 1.54) is 11.8 Å². The molecule has 3 aromatic carbocycles. The van der Waals surface area contributed by atoms with E-state index in [4.69, 9.17) is 16.3 Å². The van der Waals surface area contributed by atoms with Gasteiger partial charge in [-0.25, -0.2) is 0 Å². The molecule has 10 heteroatoms. The zero-order valence-corrected chi connectivity index (χ0v) is 23.1. The SMILES string of the molecule is COc1ccc(C(=O)NCc2nnc(SCC(=O)Nc3cccc(C)c3C)n2-c2cccc(Cl)c2C)cc1. The van der Waals surface area contributed by atoms with Crippen molar-refractivity contribution in [2.45, 2.75) is 32.5 Å². The molecule has 0 fully saturated rings. The number of hydrogen-bond donors (Lipinski definition) is 2. The van der Waals surface area contributed by atoms with Gasteiger partial charge in [-0.15, -0.1) is 10.2 Å². The third-order valence-corrected chi connectivity index (χ3v) is 7.49. The molecule has 4 aromatic rings. The van der Waals surface area contributed by atoms with Crippen LogP contribution in [0.2, 0.25) is 5.02 Å². The fourth-order valence-electron chi connectivity index (χ4n) is 3.80. The molecule has 0 aliphatic carbocycles. The molecule has 2 N–H and O–H groups in total. The molecular weight excluding hydrogens is 522 g/mol. The van der Waals surface area contributed by atoms with Crippen molar-refractivity contribution >= 4 is 40.9 Å². The molecule has 2 amide bonds. The van der Waals surface area contributed by atoms with E-state index in [-0.39, 0.29) is 24.1 Å². The number of halogens is 1. The third-order valence-electron chi connectivity index (χ3n) is 6.15. The molecule has 1 heterocycles. The van der Waals surface area contributed by atoms with Crippen LogP contribution in [0.3, 0.4) is 0 Å². The van der Waals surface area contributed by atoms with Crippen LogP contribution in [0.25, 0.3) is 5.69 Å². The van der Waals surface area contributed by atoms with Crippen molar-refractivity contribution in [2.75, 3.05) is 18.2 Å². The first kappa shape index (κ1) is 27.2. The first-order chi connectivity index (χ1) is 18.3. The van der Waals surface area contributed by atoms with E-state index < -0.39 is 0 Å². The number of thioether (sulfide) groups is 1. The van der Waals surface area contributed by atoms with Crippen molar-refractivity contribution in [1.29, 1.82) is 0 Å². The Hall–Kier alpha value is -3.82. The van der Waals surface area contributed by atoms with E-state index in [1.807, 2.05) is 55.7 Å². The van der Waals surface area contributed by atoms with Gasteiger partial charge in [-0.3, -0.25) is 14.2 Å². The summed E-state index contributed by atoms with van der Waals surface area (Å²) in [6.45, 7) is 6.01. The van der Waals surface area contributed by atoms with Gasteiger partial charge in [0, 0.05) is 16.3 Å². The first-order valence-electron chi connectivity index (χ1n) is 11.9. The van der Waals surface area contributed by atoms with Gasteiger partial charge in [0.05, 0.1) is 25.1 Å². The van der Waals surface area contributed by atoms with Crippen LogP contribution in [0.4, 0.5) is 5.69 Å². The Bertz CT molecular complexity index is 1470. The number of carbonyl (C=O) groups is 2. The molecule has 0 unspecified atom stereocenters. The highest BCUT2D eigenvalue weighted by molar-refractivity contribution is 7.99. The number of anilines is 1. The fourth-order valence-corrected chi connectivity index (χ4v) is 4.73. The Labute approximate surface area is 230 Å². The highest BCUT2D eigenvalue weighted by Gasteiger charge is 2.19. The third kappa shape index (κ3) is 6.17. The molecule has 196 valence electrons. The van der Waals surface area contributed by atoms with Gasteiger partial charge >= 0.3 is 0 Å². The highest BCUT2D eigenvalue weighted by Crippen LogP contribution is 2.28. The summed E-state index contributed by atoms with van der Waals surface area (Å²) in [7, 11) is 1.57. The van der Waals surface area contributed by atoms with Crippen molar-refractivity contribution in [1.82, 2.24) is 20.1 Å². The van der Waals surface area contributed by atoms with Crippen LogP contribution < -0.4 is 15.4 Å². The predicted octanol–water partition coefficient (Wildman–Crippen LogP) is 5.52. The van der Waals surface area contributed by atoms with Crippen LogP contribution in [-0.2, 0) is 11.3 Å². The summed E-state index contributed by atoms with van der Waals surface area (Å²) in [4.78, 5) is 25.5. The van der Waals surface area contributed by atoms with Gasteiger partial charge in [-0.1, -0.05) is 41.6 Å². The Balaban J connectivity index is 1.54. The minimum Gasteiger partial charge on any atom is -0.497 e. The van der Waals surface area contributed by atoms with Gasteiger partial charge in [0.15, 0.2) is 11.0 Å². The number of ether oxygens (including phenoxy) is 1. The van der Waals surface area contributed by atoms with Crippen molar-refractivity contribution < 1.29 is 14.3 Å². The second-order valence-electron chi connectivity index (χ2n) is 8.61. The Kier molecular flexibility index (Phi) is 8.70. The molecule has 0 bridgehead atoms. The molecule has 0 saturated carbocycles. The van der Waals surface area contributed by atoms with Gasteiger partial charge in [0.1, 0.15) is 5.75 Å². The summed E-state index contributed by atoms with van der Waals surface area (Å²) < 4.78 is 6.98. The van der Waals surface area contributed by atoms with E-state index in [2.05, 4.69) is 20.8 Å². The summed E-state index contributed by atoms with van der Waals surface area (Å²) in [5, 5.41) is 15.6. The molecule has 4 rings (SSSR count). The quantitative estimate of drug-likeness (QED) is 0.267. The van der Waals surface area contributed by atoms with Gasteiger partial charge in [0.2, 0.25) is 5.91 Å². The normalized spacial score (nSPS) is 10.8. The summed E-state index contributed by atoms with van der Waals surface area (Å²) in [5.41, 5.74) is 5.01. The number of aromatic nitrogens is 3. The van der Waals surface area contributed by atoms with Crippen molar-refractivity contribution in [3.63, 3.8) is 0 Å². The predicted molar refractivity (Wildman–Crippen MR) is 151 cm³/mol. The Morgan fingerprint density at radius 2 is 1.71 bits per heavy atom. The lowest BCUT2D eigenvalue weighted by atomic mass is 10.1. The molecule has 0 aliphatic heterocycles. The number of nitrogens with zero attached hydrogens (tertiary/aromatic N) is 3. The minimum atomic E-state index is -0.257. The average molecular weight is 550 g/mol. The van der Waals surface area contributed by atoms with Gasteiger partial charge < -0.3 is 15.4 Å². The molecule has 0 saturated heterocycles. The average Bonchev–Trinajstić information content (AvgIpc) is 3.32. The molecule has 0 atom stereocenters. The van der Waals surface area contributed by atoms with Crippen LogP contribution in [0, 0.1) is 20.8 Å². The summed E-state index contributed by atoms with van der Waals surface area (Å²) >= 11 is 7.67. The lowest BCUT2D eigenvalue weighted by Gasteiger charge is -2.14. The monoisotopic (exact) mass is 549 g/mol. The number of aryl methyl sites for hydroxylation is 1. The molecule has 1 aromatic heterocycles. The maximum absolute atomic E-state index is 12.8. The van der Waals surface area contributed by atoms with E-state index in [0.29, 0.717) is 27.3 Å². The number of amides is 2. The van der Waals surface area contributed by atoms with Crippen molar-refractivity contribution in [3.8, 4) is 11.4 Å². The first-order valence-corrected chi connectivity index (χ1v) is 13.3. The number of benzene rings is 3. The van der Waals surface area contributed by atoms with Crippen molar-refractivity contribution in [3.05, 3.63) is 93.8 Å². The molecule has 0 spiro atoms. The summed E-state index contributed by atoms with van der Waals surface area (Å²) in [6, 6.07) is 18.2. The smallest absolute Gasteiger partial charge is 0.251 e. The topological polar surface area (TPSA) is 98.1 Å². The Morgan fingerprint density at radius 1 is 0.974 bits per heavy atom. The molecule has 38 heavy (non-hydrogen) atoms. The number of rotatable bonds is 9. The van der Waals surface area contributed by atoms with Crippen LogP contribution >= 0.6 is 23.4 Å². The summed E-state index contributed by atoms with van der Waals surface area (Å²) in [5.74, 6) is 0.891. The largest absolute Gasteiger partial charge is 0.497 e. The van der Waals surface area contributed by atoms with E-state index >= 15 is 0 Å². The standard InChI is InChI=1S/C28H28ClN5O3S/c1-17-7-5-9-23(18(17)2)31-26(35)16-38-28-33-32-25(34(28)24-10-6-8-22(29)19(24)3)15-30-27(36)20-11-13-21(37-4)14-12-20/h5-14H,15-16H2,1-4H3,(H,30,36)(H,31,35). The minimum absolute atomic E-state index is 0.124. The molecule has 8 nitrogen and oxygen atoms in total. The zero-order valence-electron chi connectivity index (χ0n) is 21.5. The maximum atomic E-state index is 12.8. The highest BCUT2D eigenvalue weighted by atomic mass is 35.5. The van der Waals surface area contributed by atoms with E-state index in [9.17, 15) is 9.59 Å². The van der Waals surface area contributed by atoms with Gasteiger partial charge in [-0.2, -0.15) is 0 Å². The van der Waals surface area contributed by atoms with Crippen LogP contribution in [0.15, 0.2) is 65.8 Å². The van der Waals surface area contributed by atoms with Crippen LogP contribution in [-0.4, -0.2) is 39.4 Å². The van der Waals surface area contributed by atoms with E-state index in [0.717, 1.165) is 28.1 Å². The zero-order chi connectivity index (χ0) is 27.2. The van der Waals surface area contributed by atoms with Crippen LogP contribution in [0.1, 0.15) is 32.9 Å². The molecule has 0 radical (unpaired) electrons.